The Labute approximate surface area is 127 Å². The van der Waals surface area contributed by atoms with E-state index in [0.29, 0.717) is 0 Å². The molecule has 0 aliphatic carbocycles. The maximum Gasteiger partial charge on any atom is 0.391 e. The number of alkyl halides is 3. The van der Waals surface area contributed by atoms with Crippen LogP contribution in [0.15, 0.2) is 30.3 Å². The summed E-state index contributed by atoms with van der Waals surface area (Å²) in [6, 6.07) is 9.24. The van der Waals surface area contributed by atoms with E-state index in [9.17, 15) is 18.0 Å². The van der Waals surface area contributed by atoms with Crippen LogP contribution in [0.5, 0.6) is 0 Å². The predicted molar refractivity (Wildman–Crippen MR) is 77.5 cm³/mol. The molecule has 0 atom stereocenters. The Morgan fingerprint density at radius 1 is 1.19 bits per heavy atom. The third kappa shape index (κ3) is 5.12. The molecule has 0 spiro atoms. The molecule has 2 rings (SSSR count). The average Bonchev–Trinajstić information content (AvgIpc) is 2.45. The summed E-state index contributed by atoms with van der Waals surface area (Å²) in [5.74, 6) is -1.43. The van der Waals surface area contributed by atoms with Crippen molar-refractivity contribution in [2.24, 2.45) is 5.92 Å². The van der Waals surface area contributed by atoms with Crippen molar-refractivity contribution in [1.29, 1.82) is 0 Å². The first-order chi connectivity index (χ1) is 9.47. The van der Waals surface area contributed by atoms with Crippen LogP contribution >= 0.6 is 12.4 Å². The summed E-state index contributed by atoms with van der Waals surface area (Å²) in [6.45, 7) is 0.472. The van der Waals surface area contributed by atoms with Crippen molar-refractivity contribution in [3.63, 3.8) is 0 Å². The van der Waals surface area contributed by atoms with Crippen LogP contribution in [0.1, 0.15) is 12.8 Å². The number of piperidine rings is 1. The second-order valence-corrected chi connectivity index (χ2v) is 4.92. The number of para-hydroxylation sites is 1. The van der Waals surface area contributed by atoms with E-state index in [-0.39, 0.29) is 50.8 Å². The fourth-order valence-electron chi connectivity index (χ4n) is 2.30. The van der Waals surface area contributed by atoms with Crippen LogP contribution in [0.3, 0.4) is 0 Å². The Balaban J connectivity index is 0.00000220. The van der Waals surface area contributed by atoms with Crippen LogP contribution in [0.2, 0.25) is 0 Å². The minimum absolute atomic E-state index is 0. The number of anilines is 1. The molecular weight excluding hydrogens is 305 g/mol. The molecule has 1 aliphatic heterocycles. The summed E-state index contributed by atoms with van der Waals surface area (Å²) in [5.41, 5.74) is 0.825. The standard InChI is InChI=1S/C14H17F3N2O.ClH/c15-14(16,17)11-6-8-19(9-7-11)13(20)10-18-12-4-2-1-3-5-12;/h1-5,11,18H,6-10H2;1H. The molecule has 1 aromatic rings. The second kappa shape index (κ2) is 7.54. The number of halogens is 4. The Morgan fingerprint density at radius 3 is 2.29 bits per heavy atom. The Bertz CT molecular complexity index is 445. The first-order valence-electron chi connectivity index (χ1n) is 6.60. The number of carbonyl (C=O) groups excluding carboxylic acids is 1. The van der Waals surface area contributed by atoms with E-state index in [2.05, 4.69) is 5.32 Å². The van der Waals surface area contributed by atoms with Gasteiger partial charge >= 0.3 is 6.18 Å². The normalized spacial score (nSPS) is 16.2. The van der Waals surface area contributed by atoms with Crippen molar-refractivity contribution in [3.05, 3.63) is 30.3 Å². The minimum Gasteiger partial charge on any atom is -0.376 e. The zero-order valence-electron chi connectivity index (χ0n) is 11.4. The lowest BCUT2D eigenvalue weighted by Gasteiger charge is -2.33. The van der Waals surface area contributed by atoms with Gasteiger partial charge in [-0.3, -0.25) is 4.79 Å². The number of nitrogens with one attached hydrogen (secondary N) is 1. The molecular formula is C14H18ClF3N2O. The molecule has 3 nitrogen and oxygen atoms in total. The molecule has 1 amide bonds. The van der Waals surface area contributed by atoms with Crippen LogP contribution < -0.4 is 5.32 Å². The van der Waals surface area contributed by atoms with Crippen molar-refractivity contribution in [2.75, 3.05) is 25.0 Å². The van der Waals surface area contributed by atoms with E-state index in [0.717, 1.165) is 5.69 Å². The van der Waals surface area contributed by atoms with Crippen molar-refractivity contribution in [2.45, 2.75) is 19.0 Å². The SMILES string of the molecule is Cl.O=C(CNc1ccccc1)N1CCC(C(F)(F)F)CC1. The quantitative estimate of drug-likeness (QED) is 0.926. The molecule has 0 unspecified atom stereocenters. The molecule has 0 radical (unpaired) electrons. The first kappa shape index (κ1) is 17.6. The van der Waals surface area contributed by atoms with Gasteiger partial charge in [0, 0.05) is 18.8 Å². The first-order valence-corrected chi connectivity index (χ1v) is 6.60. The highest BCUT2D eigenvalue weighted by atomic mass is 35.5. The van der Waals surface area contributed by atoms with Crippen molar-refractivity contribution >= 4 is 24.0 Å². The summed E-state index contributed by atoms with van der Waals surface area (Å²) in [5, 5.41) is 2.97. The molecule has 7 heteroatoms. The van der Waals surface area contributed by atoms with Crippen molar-refractivity contribution < 1.29 is 18.0 Å². The molecule has 21 heavy (non-hydrogen) atoms. The molecule has 0 bridgehead atoms. The highest BCUT2D eigenvalue weighted by Crippen LogP contribution is 2.34. The highest BCUT2D eigenvalue weighted by Gasteiger charge is 2.41. The Hall–Kier alpha value is -1.43. The molecule has 1 aromatic carbocycles. The summed E-state index contributed by atoms with van der Waals surface area (Å²) in [7, 11) is 0. The average molecular weight is 323 g/mol. The summed E-state index contributed by atoms with van der Waals surface area (Å²) < 4.78 is 37.6. The van der Waals surface area contributed by atoms with Crippen LogP contribution in [0.25, 0.3) is 0 Å². The Morgan fingerprint density at radius 2 is 1.76 bits per heavy atom. The fourth-order valence-corrected chi connectivity index (χ4v) is 2.30. The third-order valence-corrected chi connectivity index (χ3v) is 3.53. The van der Waals surface area contributed by atoms with Gasteiger partial charge in [-0.1, -0.05) is 18.2 Å². The number of benzene rings is 1. The summed E-state index contributed by atoms with van der Waals surface area (Å²) in [4.78, 5) is 13.4. The summed E-state index contributed by atoms with van der Waals surface area (Å²) in [6.07, 6.45) is -4.14. The number of nitrogens with zero attached hydrogens (tertiary/aromatic N) is 1. The molecule has 1 aliphatic rings. The van der Waals surface area contributed by atoms with Gasteiger partial charge in [0.25, 0.3) is 0 Å². The zero-order chi connectivity index (χ0) is 14.6. The number of amides is 1. The lowest BCUT2D eigenvalue weighted by Crippen LogP contribution is -2.44. The number of hydrogen-bond donors (Lipinski definition) is 1. The van der Waals surface area contributed by atoms with E-state index < -0.39 is 12.1 Å². The lowest BCUT2D eigenvalue weighted by atomic mass is 9.96. The fraction of sp³-hybridized carbons (Fsp3) is 0.500. The van der Waals surface area contributed by atoms with Crippen molar-refractivity contribution in [1.82, 2.24) is 4.90 Å². The molecule has 0 aromatic heterocycles. The van der Waals surface area contributed by atoms with Gasteiger partial charge in [-0.25, -0.2) is 0 Å². The second-order valence-electron chi connectivity index (χ2n) is 4.92. The van der Waals surface area contributed by atoms with E-state index in [1.165, 1.54) is 4.90 Å². The largest absolute Gasteiger partial charge is 0.391 e. The molecule has 1 saturated heterocycles. The van der Waals surface area contributed by atoms with E-state index >= 15 is 0 Å². The number of hydrogen-bond acceptors (Lipinski definition) is 2. The van der Waals surface area contributed by atoms with Gasteiger partial charge in [-0.2, -0.15) is 13.2 Å². The van der Waals surface area contributed by atoms with Crippen LogP contribution in [-0.4, -0.2) is 36.6 Å². The molecule has 1 N–H and O–H groups in total. The number of rotatable bonds is 3. The van der Waals surface area contributed by atoms with Gasteiger partial charge in [-0.15, -0.1) is 12.4 Å². The maximum atomic E-state index is 12.5. The number of likely N-dealkylation sites (tertiary alicyclic amines) is 1. The van der Waals surface area contributed by atoms with E-state index in [4.69, 9.17) is 0 Å². The van der Waals surface area contributed by atoms with Crippen LogP contribution in [0.4, 0.5) is 18.9 Å². The lowest BCUT2D eigenvalue weighted by molar-refractivity contribution is -0.186. The van der Waals surface area contributed by atoms with Gasteiger partial charge in [-0.05, 0) is 25.0 Å². The van der Waals surface area contributed by atoms with E-state index in [1.54, 1.807) is 0 Å². The predicted octanol–water partition coefficient (Wildman–Crippen LogP) is 3.32. The Kier molecular flexibility index (Phi) is 6.33. The zero-order valence-corrected chi connectivity index (χ0v) is 12.2. The van der Waals surface area contributed by atoms with Gasteiger partial charge in [0.15, 0.2) is 0 Å². The van der Waals surface area contributed by atoms with Crippen molar-refractivity contribution in [3.8, 4) is 0 Å². The molecule has 1 fully saturated rings. The van der Waals surface area contributed by atoms with Crippen LogP contribution in [0, 0.1) is 5.92 Å². The van der Waals surface area contributed by atoms with Gasteiger partial charge in [0.2, 0.25) is 5.91 Å². The monoisotopic (exact) mass is 322 g/mol. The topological polar surface area (TPSA) is 32.3 Å². The highest BCUT2D eigenvalue weighted by molar-refractivity contribution is 5.85. The van der Waals surface area contributed by atoms with E-state index in [1.807, 2.05) is 30.3 Å². The summed E-state index contributed by atoms with van der Waals surface area (Å²) >= 11 is 0. The number of carbonyl (C=O) groups is 1. The van der Waals surface area contributed by atoms with Crippen LogP contribution in [-0.2, 0) is 4.79 Å². The molecule has 118 valence electrons. The van der Waals surface area contributed by atoms with Gasteiger partial charge < -0.3 is 10.2 Å². The maximum absolute atomic E-state index is 12.5. The molecule has 1 heterocycles. The smallest absolute Gasteiger partial charge is 0.376 e. The third-order valence-electron chi connectivity index (χ3n) is 3.53. The van der Waals surface area contributed by atoms with Gasteiger partial charge in [0.1, 0.15) is 0 Å². The van der Waals surface area contributed by atoms with Gasteiger partial charge in [0.05, 0.1) is 12.5 Å². The minimum atomic E-state index is -4.14. The molecule has 0 saturated carbocycles.